The fourth-order valence-corrected chi connectivity index (χ4v) is 1.45. The number of hydrogen-bond donors (Lipinski definition) is 1. The van der Waals surface area contributed by atoms with Crippen LogP contribution >= 0.6 is 0 Å². The Balaban J connectivity index is 5.95. The molecule has 0 atom stereocenters. The van der Waals surface area contributed by atoms with Gasteiger partial charge >= 0.3 is 29.8 Å². The van der Waals surface area contributed by atoms with Crippen LogP contribution in [0.4, 0.5) is 0 Å². The van der Waals surface area contributed by atoms with Gasteiger partial charge in [0.2, 0.25) is 5.41 Å². The third kappa shape index (κ3) is 5.93. The van der Waals surface area contributed by atoms with Gasteiger partial charge in [-0.1, -0.05) is 0 Å². The topological polar surface area (TPSA) is 143 Å². The summed E-state index contributed by atoms with van der Waals surface area (Å²) < 4.78 is 18.7. The molecular weight excluding hydrogens is 316 g/mol. The number of hydrogen-bond acceptors (Lipinski definition) is 9. The maximum absolute atomic E-state index is 11.7. The Labute approximate surface area is 131 Å². The minimum atomic E-state index is -2.39. The van der Waals surface area contributed by atoms with E-state index >= 15 is 0 Å². The van der Waals surface area contributed by atoms with Crippen molar-refractivity contribution in [3.8, 4) is 0 Å². The van der Waals surface area contributed by atoms with Crippen LogP contribution in [0.1, 0.15) is 34.6 Å². The van der Waals surface area contributed by atoms with Gasteiger partial charge in [-0.15, -0.1) is 0 Å². The second kappa shape index (κ2) is 8.11. The van der Waals surface area contributed by atoms with E-state index in [1.54, 1.807) is 0 Å². The van der Waals surface area contributed by atoms with Gasteiger partial charge in [0.05, 0.1) is 0 Å². The summed E-state index contributed by atoms with van der Waals surface area (Å²) >= 11 is 0. The molecule has 0 amide bonds. The first-order valence-corrected chi connectivity index (χ1v) is 6.33. The SMILES string of the molecule is CC(=O)OC(OC(C)=O)C(C)(C(=O)O)C(OC(C)=O)OC(C)=O. The van der Waals surface area contributed by atoms with E-state index in [4.69, 9.17) is 0 Å². The van der Waals surface area contributed by atoms with Crippen LogP contribution in [0.15, 0.2) is 0 Å². The van der Waals surface area contributed by atoms with Gasteiger partial charge in [-0.3, -0.25) is 24.0 Å². The van der Waals surface area contributed by atoms with Crippen LogP contribution < -0.4 is 0 Å². The standard InChI is InChI=1S/C13H18O10/c1-6(14)20-11(21-7(2)15)13(5,10(18)19)12(22-8(3)16)23-9(4)17/h11-12H,1-5H3,(H,18,19). The highest BCUT2D eigenvalue weighted by atomic mass is 16.7. The lowest BCUT2D eigenvalue weighted by Crippen LogP contribution is -2.55. The number of rotatable bonds is 7. The fourth-order valence-electron chi connectivity index (χ4n) is 1.45. The molecule has 0 aliphatic rings. The lowest BCUT2D eigenvalue weighted by atomic mass is 9.88. The van der Waals surface area contributed by atoms with Crippen molar-refractivity contribution in [3.63, 3.8) is 0 Å². The Bertz CT molecular complexity index is 441. The zero-order valence-electron chi connectivity index (χ0n) is 13.3. The lowest BCUT2D eigenvalue weighted by molar-refractivity contribution is -0.261. The summed E-state index contributed by atoms with van der Waals surface area (Å²) in [5, 5.41) is 9.46. The first-order valence-electron chi connectivity index (χ1n) is 6.33. The van der Waals surface area contributed by atoms with Crippen molar-refractivity contribution in [2.75, 3.05) is 0 Å². The average molecular weight is 334 g/mol. The van der Waals surface area contributed by atoms with E-state index in [0.29, 0.717) is 0 Å². The maximum Gasteiger partial charge on any atom is 0.324 e. The molecule has 0 fully saturated rings. The minimum absolute atomic E-state index is 0.933. The van der Waals surface area contributed by atoms with E-state index in [1.165, 1.54) is 0 Å². The van der Waals surface area contributed by atoms with Crippen LogP contribution in [0.2, 0.25) is 0 Å². The molecule has 10 heteroatoms. The summed E-state index contributed by atoms with van der Waals surface area (Å²) in [6, 6.07) is 0. The molecular formula is C13H18O10. The highest BCUT2D eigenvalue weighted by Gasteiger charge is 2.57. The van der Waals surface area contributed by atoms with Crippen LogP contribution in [-0.4, -0.2) is 47.5 Å². The molecule has 0 aromatic rings. The molecule has 0 radical (unpaired) electrons. The van der Waals surface area contributed by atoms with E-state index in [0.717, 1.165) is 34.6 Å². The van der Waals surface area contributed by atoms with E-state index in [1.807, 2.05) is 0 Å². The number of carbonyl (C=O) groups excluding carboxylic acids is 4. The Hall–Kier alpha value is -2.65. The summed E-state index contributed by atoms with van der Waals surface area (Å²) in [7, 11) is 0. The molecule has 0 aromatic carbocycles. The van der Waals surface area contributed by atoms with Gasteiger partial charge in [0.1, 0.15) is 0 Å². The predicted molar refractivity (Wildman–Crippen MR) is 70.4 cm³/mol. The molecule has 10 nitrogen and oxygen atoms in total. The van der Waals surface area contributed by atoms with Gasteiger partial charge in [0, 0.05) is 27.7 Å². The van der Waals surface area contributed by atoms with Crippen molar-refractivity contribution in [2.45, 2.75) is 47.2 Å². The molecule has 0 spiro atoms. The van der Waals surface area contributed by atoms with Crippen molar-refractivity contribution < 1.29 is 48.0 Å². The normalized spacial score (nSPS) is 10.9. The van der Waals surface area contributed by atoms with Gasteiger partial charge in [0.25, 0.3) is 12.6 Å². The molecule has 130 valence electrons. The zero-order chi connectivity index (χ0) is 18.4. The van der Waals surface area contributed by atoms with Gasteiger partial charge in [-0.05, 0) is 6.92 Å². The summed E-state index contributed by atoms with van der Waals surface area (Å²) in [6.07, 6.45) is -4.00. The molecule has 1 N–H and O–H groups in total. The second-order valence-electron chi connectivity index (χ2n) is 4.69. The molecule has 0 unspecified atom stereocenters. The minimum Gasteiger partial charge on any atom is -0.480 e. The number of carboxylic acid groups (broad SMARTS) is 1. The van der Waals surface area contributed by atoms with Crippen LogP contribution in [0, 0.1) is 5.41 Å². The number of carbonyl (C=O) groups is 5. The van der Waals surface area contributed by atoms with Crippen molar-refractivity contribution in [2.24, 2.45) is 5.41 Å². The molecule has 0 saturated heterocycles. The lowest BCUT2D eigenvalue weighted by Gasteiger charge is -2.36. The Kier molecular flexibility index (Phi) is 7.17. The highest BCUT2D eigenvalue weighted by molar-refractivity contribution is 5.79. The summed E-state index contributed by atoms with van der Waals surface area (Å²) in [6.45, 7) is 4.73. The molecule has 0 bridgehead atoms. The third-order valence-corrected chi connectivity index (χ3v) is 2.53. The van der Waals surface area contributed by atoms with Crippen LogP contribution in [-0.2, 0) is 42.9 Å². The second-order valence-corrected chi connectivity index (χ2v) is 4.69. The average Bonchev–Trinajstić information content (AvgIpc) is 2.33. The largest absolute Gasteiger partial charge is 0.480 e. The molecule has 0 aromatic heterocycles. The third-order valence-electron chi connectivity index (χ3n) is 2.53. The zero-order valence-corrected chi connectivity index (χ0v) is 13.3. The molecule has 0 saturated carbocycles. The number of aliphatic carboxylic acids is 1. The van der Waals surface area contributed by atoms with Crippen molar-refractivity contribution in [1.82, 2.24) is 0 Å². The Morgan fingerprint density at radius 2 is 0.913 bits per heavy atom. The van der Waals surface area contributed by atoms with E-state index in [9.17, 15) is 29.1 Å². The highest BCUT2D eigenvalue weighted by Crippen LogP contribution is 2.33. The van der Waals surface area contributed by atoms with Crippen LogP contribution in [0.25, 0.3) is 0 Å². The molecule has 0 rings (SSSR count). The van der Waals surface area contributed by atoms with Crippen molar-refractivity contribution >= 4 is 29.8 Å². The molecule has 0 aliphatic carbocycles. The number of esters is 4. The fraction of sp³-hybridized carbons (Fsp3) is 0.615. The van der Waals surface area contributed by atoms with Crippen LogP contribution in [0.3, 0.4) is 0 Å². The summed E-state index contributed by atoms with van der Waals surface area (Å²) in [5.41, 5.74) is -2.39. The summed E-state index contributed by atoms with van der Waals surface area (Å²) in [4.78, 5) is 56.3. The quantitative estimate of drug-likeness (QED) is 0.498. The van der Waals surface area contributed by atoms with Gasteiger partial charge in [-0.2, -0.15) is 0 Å². The number of ether oxygens (including phenoxy) is 4. The van der Waals surface area contributed by atoms with Gasteiger partial charge in [-0.25, -0.2) is 0 Å². The Morgan fingerprint density at radius 3 is 1.04 bits per heavy atom. The Morgan fingerprint density at radius 1 is 0.696 bits per heavy atom. The molecule has 23 heavy (non-hydrogen) atoms. The van der Waals surface area contributed by atoms with Gasteiger partial charge in [0.15, 0.2) is 0 Å². The van der Waals surface area contributed by atoms with Crippen LogP contribution in [0.5, 0.6) is 0 Å². The van der Waals surface area contributed by atoms with Crippen molar-refractivity contribution in [1.29, 1.82) is 0 Å². The first kappa shape index (κ1) is 20.3. The van der Waals surface area contributed by atoms with E-state index in [2.05, 4.69) is 18.9 Å². The van der Waals surface area contributed by atoms with Crippen molar-refractivity contribution in [3.05, 3.63) is 0 Å². The molecule has 0 aliphatic heterocycles. The predicted octanol–water partition coefficient (Wildman–Crippen LogP) is -0.0181. The van der Waals surface area contributed by atoms with E-state index in [-0.39, 0.29) is 0 Å². The van der Waals surface area contributed by atoms with Gasteiger partial charge < -0.3 is 24.1 Å². The molecule has 0 heterocycles. The number of carboxylic acids is 1. The smallest absolute Gasteiger partial charge is 0.324 e. The maximum atomic E-state index is 11.7. The summed E-state index contributed by atoms with van der Waals surface area (Å²) in [5.74, 6) is -5.56. The van der Waals surface area contributed by atoms with E-state index < -0.39 is 47.8 Å². The first-order chi connectivity index (χ1) is 10.4. The monoisotopic (exact) mass is 334 g/mol.